The van der Waals surface area contributed by atoms with Crippen LogP contribution in [0.5, 0.6) is 5.75 Å². The van der Waals surface area contributed by atoms with Gasteiger partial charge < -0.3 is 24.9 Å². The summed E-state index contributed by atoms with van der Waals surface area (Å²) in [6.07, 6.45) is 6.75. The fraction of sp³-hybridized carbons (Fsp3) is 0.417. The second-order valence-corrected chi connectivity index (χ2v) is 8.59. The van der Waals surface area contributed by atoms with Crippen molar-refractivity contribution in [2.75, 3.05) is 18.9 Å². The van der Waals surface area contributed by atoms with Crippen LogP contribution in [-0.4, -0.2) is 48.4 Å². The first-order valence-electron chi connectivity index (χ1n) is 11.1. The van der Waals surface area contributed by atoms with E-state index in [4.69, 9.17) is 20.2 Å². The van der Waals surface area contributed by atoms with Crippen molar-refractivity contribution in [3.05, 3.63) is 48.3 Å². The molecule has 0 radical (unpaired) electrons. The second kappa shape index (κ2) is 9.68. The number of aromatic nitrogens is 5. The Morgan fingerprint density at radius 1 is 1.18 bits per heavy atom. The van der Waals surface area contributed by atoms with E-state index in [1.54, 1.807) is 32.4 Å². The molecule has 1 aromatic carbocycles. The van der Waals surface area contributed by atoms with E-state index in [2.05, 4.69) is 15.0 Å². The lowest BCUT2D eigenvalue weighted by molar-refractivity contribution is 0.0582. The summed E-state index contributed by atoms with van der Waals surface area (Å²) in [6.45, 7) is 7.27. The van der Waals surface area contributed by atoms with Crippen molar-refractivity contribution in [2.45, 2.75) is 52.4 Å². The van der Waals surface area contributed by atoms with Crippen LogP contribution in [0.15, 0.2) is 36.8 Å². The minimum atomic E-state index is -0.939. The van der Waals surface area contributed by atoms with Gasteiger partial charge in [-0.2, -0.15) is 0 Å². The topological polar surface area (TPSA) is 121 Å². The molecule has 9 heteroatoms. The molecule has 0 fully saturated rings. The van der Waals surface area contributed by atoms with Gasteiger partial charge in [-0.25, -0.2) is 9.97 Å². The summed E-state index contributed by atoms with van der Waals surface area (Å²) in [5.74, 6) is 1.76. The normalized spacial score (nSPS) is 12.0. The molecule has 0 aliphatic rings. The number of fused-ring (bicyclic) bond motifs is 3. The lowest BCUT2D eigenvalue weighted by Crippen LogP contribution is -2.27. The fourth-order valence-electron chi connectivity index (χ4n) is 3.79. The molecule has 4 aromatic rings. The molecule has 0 atom stereocenters. The zero-order valence-corrected chi connectivity index (χ0v) is 19.3. The third kappa shape index (κ3) is 5.37. The maximum absolute atomic E-state index is 10.5. The molecule has 9 nitrogen and oxygen atoms in total. The third-order valence-corrected chi connectivity index (χ3v) is 5.20. The number of benzene rings is 1. The van der Waals surface area contributed by atoms with Crippen molar-refractivity contribution in [1.29, 1.82) is 0 Å². The zero-order chi connectivity index (χ0) is 23.4. The number of imidazole rings is 1. The highest BCUT2D eigenvalue weighted by Crippen LogP contribution is 2.32. The van der Waals surface area contributed by atoms with Gasteiger partial charge in [0.1, 0.15) is 23.7 Å². The Morgan fingerprint density at radius 2 is 2.03 bits per heavy atom. The molecule has 0 saturated carbocycles. The molecule has 4 rings (SSSR count). The SMILES string of the molecule is CCOCc1nc2c(N)nc3cc(OCCCc4cnccn4)ccc3c2n1CC(C)(C)O. The Hall–Kier alpha value is -3.30. The first kappa shape index (κ1) is 22.9. The molecule has 0 amide bonds. The zero-order valence-electron chi connectivity index (χ0n) is 19.3. The molecule has 33 heavy (non-hydrogen) atoms. The van der Waals surface area contributed by atoms with Gasteiger partial charge in [0.25, 0.3) is 0 Å². The molecule has 3 heterocycles. The first-order valence-corrected chi connectivity index (χ1v) is 11.1. The van der Waals surface area contributed by atoms with Crippen LogP contribution in [0.1, 0.15) is 38.7 Å². The quantitative estimate of drug-likeness (QED) is 0.353. The molecule has 3 aromatic heterocycles. The molecule has 0 aliphatic heterocycles. The van der Waals surface area contributed by atoms with Crippen LogP contribution in [0.2, 0.25) is 0 Å². The van der Waals surface area contributed by atoms with E-state index in [1.165, 1.54) is 0 Å². The van der Waals surface area contributed by atoms with Crippen molar-refractivity contribution in [3.63, 3.8) is 0 Å². The number of aliphatic hydroxyl groups is 1. The lowest BCUT2D eigenvalue weighted by Gasteiger charge is -2.20. The summed E-state index contributed by atoms with van der Waals surface area (Å²) in [4.78, 5) is 17.6. The summed E-state index contributed by atoms with van der Waals surface area (Å²) in [6, 6.07) is 5.78. The van der Waals surface area contributed by atoms with Crippen LogP contribution in [0.3, 0.4) is 0 Å². The van der Waals surface area contributed by atoms with E-state index in [1.807, 2.05) is 29.7 Å². The van der Waals surface area contributed by atoms with E-state index < -0.39 is 5.60 Å². The highest BCUT2D eigenvalue weighted by atomic mass is 16.5. The highest BCUT2D eigenvalue weighted by Gasteiger charge is 2.22. The number of nitrogen functional groups attached to an aromatic ring is 1. The number of hydrogen-bond donors (Lipinski definition) is 2. The Bertz CT molecular complexity index is 1230. The van der Waals surface area contributed by atoms with Gasteiger partial charge in [0.15, 0.2) is 5.82 Å². The van der Waals surface area contributed by atoms with Gasteiger partial charge in [0, 0.05) is 36.7 Å². The minimum Gasteiger partial charge on any atom is -0.494 e. The Morgan fingerprint density at radius 3 is 2.76 bits per heavy atom. The van der Waals surface area contributed by atoms with Gasteiger partial charge in [0.2, 0.25) is 0 Å². The van der Waals surface area contributed by atoms with Crippen molar-refractivity contribution >= 4 is 27.8 Å². The molecule has 0 unspecified atom stereocenters. The molecule has 174 valence electrons. The highest BCUT2D eigenvalue weighted by molar-refractivity contribution is 6.06. The van der Waals surface area contributed by atoms with Crippen LogP contribution < -0.4 is 10.5 Å². The number of aryl methyl sites for hydroxylation is 1. The predicted octanol–water partition coefficient (Wildman–Crippen LogP) is 3.28. The molecular weight excluding hydrogens is 420 g/mol. The van der Waals surface area contributed by atoms with Crippen molar-refractivity contribution < 1.29 is 14.6 Å². The summed E-state index contributed by atoms with van der Waals surface area (Å²) in [5, 5.41) is 11.4. The van der Waals surface area contributed by atoms with Crippen LogP contribution in [0, 0.1) is 0 Å². The number of nitrogens with zero attached hydrogens (tertiary/aromatic N) is 5. The standard InChI is InChI=1S/C24H30N6O3/c1-4-32-14-20-29-21-22(30(20)15-24(2,3)31)18-8-7-17(12-19(18)28-23(21)25)33-11-5-6-16-13-26-9-10-27-16/h7-10,12-13,31H,4-6,11,14-15H2,1-3H3,(H2,25,28). The number of anilines is 1. The lowest BCUT2D eigenvalue weighted by atomic mass is 10.1. The molecule has 0 saturated heterocycles. The van der Waals surface area contributed by atoms with Gasteiger partial charge in [-0.3, -0.25) is 9.97 Å². The third-order valence-electron chi connectivity index (χ3n) is 5.20. The number of hydrogen-bond acceptors (Lipinski definition) is 8. The fourth-order valence-corrected chi connectivity index (χ4v) is 3.79. The van der Waals surface area contributed by atoms with E-state index in [0.29, 0.717) is 49.0 Å². The van der Waals surface area contributed by atoms with E-state index >= 15 is 0 Å². The Balaban J connectivity index is 1.63. The van der Waals surface area contributed by atoms with Gasteiger partial charge in [-0.15, -0.1) is 0 Å². The van der Waals surface area contributed by atoms with Crippen LogP contribution in [0.25, 0.3) is 21.9 Å². The average molecular weight is 451 g/mol. The number of rotatable bonds is 10. The van der Waals surface area contributed by atoms with Gasteiger partial charge in [-0.1, -0.05) is 0 Å². The number of pyridine rings is 1. The monoisotopic (exact) mass is 450 g/mol. The first-order chi connectivity index (χ1) is 15.9. The van der Waals surface area contributed by atoms with E-state index in [9.17, 15) is 5.11 Å². The smallest absolute Gasteiger partial charge is 0.152 e. The summed E-state index contributed by atoms with van der Waals surface area (Å²) in [5.41, 5.74) is 8.45. The van der Waals surface area contributed by atoms with Crippen LogP contribution in [0.4, 0.5) is 5.82 Å². The Labute approximate surface area is 192 Å². The summed E-state index contributed by atoms with van der Waals surface area (Å²) in [7, 11) is 0. The molecule has 0 aliphatic carbocycles. The molecule has 3 N–H and O–H groups in total. The second-order valence-electron chi connectivity index (χ2n) is 8.59. The van der Waals surface area contributed by atoms with Gasteiger partial charge in [-0.05, 0) is 45.7 Å². The minimum absolute atomic E-state index is 0.329. The Kier molecular flexibility index (Phi) is 6.71. The van der Waals surface area contributed by atoms with Gasteiger partial charge in [0.05, 0.1) is 35.5 Å². The van der Waals surface area contributed by atoms with Gasteiger partial charge >= 0.3 is 0 Å². The van der Waals surface area contributed by atoms with Crippen LogP contribution in [-0.2, 0) is 24.3 Å². The predicted molar refractivity (Wildman–Crippen MR) is 127 cm³/mol. The summed E-state index contributed by atoms with van der Waals surface area (Å²) < 4.78 is 13.5. The van der Waals surface area contributed by atoms with Crippen molar-refractivity contribution in [1.82, 2.24) is 24.5 Å². The maximum Gasteiger partial charge on any atom is 0.152 e. The maximum atomic E-state index is 10.5. The molecular formula is C24H30N6O3. The number of ether oxygens (including phenoxy) is 2. The van der Waals surface area contributed by atoms with E-state index in [-0.39, 0.29) is 0 Å². The molecule has 0 spiro atoms. The largest absolute Gasteiger partial charge is 0.494 e. The number of nitrogens with two attached hydrogens (primary N) is 1. The summed E-state index contributed by atoms with van der Waals surface area (Å²) >= 11 is 0. The van der Waals surface area contributed by atoms with E-state index in [0.717, 1.165) is 35.2 Å². The average Bonchev–Trinajstić information content (AvgIpc) is 3.13. The molecule has 0 bridgehead atoms. The van der Waals surface area contributed by atoms with Crippen LogP contribution >= 0.6 is 0 Å². The van der Waals surface area contributed by atoms with Crippen molar-refractivity contribution in [3.8, 4) is 5.75 Å². The van der Waals surface area contributed by atoms with Crippen molar-refractivity contribution in [2.24, 2.45) is 0 Å².